The lowest BCUT2D eigenvalue weighted by atomic mass is 10.1. The number of aromatic nitrogens is 1. The third-order valence-electron chi connectivity index (χ3n) is 4.50. The van der Waals surface area contributed by atoms with E-state index < -0.39 is 23.9 Å². The molecular formula is C20H22N4O5. The summed E-state index contributed by atoms with van der Waals surface area (Å²) in [7, 11) is 3.09. The molecule has 0 spiro atoms. The molecule has 1 unspecified atom stereocenters. The molecule has 152 valence electrons. The molecule has 0 radical (unpaired) electrons. The van der Waals surface area contributed by atoms with Gasteiger partial charge in [0.2, 0.25) is 5.91 Å². The van der Waals surface area contributed by atoms with E-state index in [1.165, 1.54) is 0 Å². The first-order chi connectivity index (χ1) is 14.0. The second-order valence-corrected chi connectivity index (χ2v) is 6.40. The van der Waals surface area contributed by atoms with Crippen molar-refractivity contribution in [1.82, 2.24) is 15.2 Å². The van der Waals surface area contributed by atoms with Gasteiger partial charge in [-0.2, -0.15) is 0 Å². The number of nitrogens with one attached hydrogen (secondary N) is 2. The second kappa shape index (κ2) is 9.05. The number of imide groups is 1. The summed E-state index contributed by atoms with van der Waals surface area (Å²) in [5.74, 6) is 0.742. The molecular weight excluding hydrogens is 376 g/mol. The summed E-state index contributed by atoms with van der Waals surface area (Å²) in [6, 6.07) is 9.12. The number of pyridine rings is 1. The minimum atomic E-state index is -0.892. The Bertz CT molecular complexity index is 903. The molecule has 1 aliphatic rings. The number of ether oxygens (including phenoxy) is 2. The Morgan fingerprint density at radius 2 is 1.97 bits per heavy atom. The molecule has 2 aromatic rings. The Labute approximate surface area is 168 Å². The lowest BCUT2D eigenvalue weighted by molar-refractivity contribution is -0.129. The van der Waals surface area contributed by atoms with Gasteiger partial charge in [-0.25, -0.2) is 9.78 Å². The molecule has 4 amide bonds. The Morgan fingerprint density at radius 1 is 1.17 bits per heavy atom. The van der Waals surface area contributed by atoms with Crippen LogP contribution < -0.4 is 20.1 Å². The maximum absolute atomic E-state index is 12.6. The Morgan fingerprint density at radius 3 is 2.66 bits per heavy atom. The zero-order valence-electron chi connectivity index (χ0n) is 16.2. The highest BCUT2D eigenvalue weighted by atomic mass is 16.5. The standard InChI is InChI=1S/C20H22N4O5/c1-28-15-7-6-13(11-16(15)29-2)8-10-24-19(26)14(22-20(24)27)12-18(25)23-17-5-3-4-9-21-17/h3-7,9,11,14H,8,10,12H2,1-2H3,(H,22,27)(H,21,23,25). The molecule has 0 aliphatic carbocycles. The van der Waals surface area contributed by atoms with Crippen LogP contribution in [0.2, 0.25) is 0 Å². The summed E-state index contributed by atoms with van der Waals surface area (Å²) in [5.41, 5.74) is 0.889. The van der Waals surface area contributed by atoms with E-state index in [0.29, 0.717) is 23.7 Å². The average molecular weight is 398 g/mol. The van der Waals surface area contributed by atoms with Gasteiger partial charge in [0.25, 0.3) is 5.91 Å². The van der Waals surface area contributed by atoms with E-state index in [9.17, 15) is 14.4 Å². The normalized spacial score (nSPS) is 15.8. The van der Waals surface area contributed by atoms with Gasteiger partial charge in [-0.05, 0) is 36.2 Å². The largest absolute Gasteiger partial charge is 0.493 e. The van der Waals surface area contributed by atoms with Gasteiger partial charge >= 0.3 is 6.03 Å². The molecule has 2 heterocycles. The highest BCUT2D eigenvalue weighted by Crippen LogP contribution is 2.27. The van der Waals surface area contributed by atoms with Gasteiger partial charge in [0, 0.05) is 12.7 Å². The first-order valence-corrected chi connectivity index (χ1v) is 9.05. The number of rotatable bonds is 8. The number of hydrogen-bond donors (Lipinski definition) is 2. The van der Waals surface area contributed by atoms with Crippen LogP contribution in [0.4, 0.5) is 10.6 Å². The molecule has 9 nitrogen and oxygen atoms in total. The summed E-state index contributed by atoms with van der Waals surface area (Å²) in [4.78, 5) is 42.0. The SMILES string of the molecule is COc1ccc(CCN2C(=O)NC(CC(=O)Nc3ccccn3)C2=O)cc1OC. The predicted octanol–water partition coefficient (Wildman–Crippen LogP) is 1.59. The van der Waals surface area contributed by atoms with Gasteiger partial charge in [-0.15, -0.1) is 0 Å². The van der Waals surface area contributed by atoms with Crippen molar-refractivity contribution < 1.29 is 23.9 Å². The van der Waals surface area contributed by atoms with Crippen LogP contribution in [0, 0.1) is 0 Å². The first kappa shape index (κ1) is 20.1. The number of amides is 4. The minimum absolute atomic E-state index is 0.159. The quantitative estimate of drug-likeness (QED) is 0.654. The molecule has 1 aromatic carbocycles. The van der Waals surface area contributed by atoms with Crippen molar-refractivity contribution in [3.8, 4) is 11.5 Å². The monoisotopic (exact) mass is 398 g/mol. The lowest BCUT2D eigenvalue weighted by Crippen LogP contribution is -2.35. The number of anilines is 1. The van der Waals surface area contributed by atoms with Crippen LogP contribution in [0.5, 0.6) is 11.5 Å². The third kappa shape index (κ3) is 4.81. The van der Waals surface area contributed by atoms with E-state index in [1.807, 2.05) is 6.07 Å². The molecule has 29 heavy (non-hydrogen) atoms. The van der Waals surface area contributed by atoms with Crippen molar-refractivity contribution in [3.05, 3.63) is 48.2 Å². The number of hydrogen-bond acceptors (Lipinski definition) is 6. The topological polar surface area (TPSA) is 110 Å². The predicted molar refractivity (Wildman–Crippen MR) is 105 cm³/mol. The summed E-state index contributed by atoms with van der Waals surface area (Å²) in [6.07, 6.45) is 1.84. The summed E-state index contributed by atoms with van der Waals surface area (Å²) < 4.78 is 10.5. The van der Waals surface area contributed by atoms with Crippen molar-refractivity contribution in [2.75, 3.05) is 26.1 Å². The van der Waals surface area contributed by atoms with Crippen LogP contribution in [0.1, 0.15) is 12.0 Å². The maximum atomic E-state index is 12.6. The van der Waals surface area contributed by atoms with Gasteiger partial charge in [-0.3, -0.25) is 14.5 Å². The smallest absolute Gasteiger partial charge is 0.324 e. The van der Waals surface area contributed by atoms with Crippen LogP contribution in [0.25, 0.3) is 0 Å². The molecule has 0 bridgehead atoms. The number of nitrogens with zero attached hydrogens (tertiary/aromatic N) is 2. The Balaban J connectivity index is 1.57. The molecule has 1 saturated heterocycles. The molecule has 9 heteroatoms. The lowest BCUT2D eigenvalue weighted by Gasteiger charge is -2.14. The van der Waals surface area contributed by atoms with Crippen LogP contribution in [-0.4, -0.2) is 54.5 Å². The van der Waals surface area contributed by atoms with Gasteiger partial charge in [0.05, 0.1) is 20.6 Å². The second-order valence-electron chi connectivity index (χ2n) is 6.40. The molecule has 1 aliphatic heterocycles. The summed E-state index contributed by atoms with van der Waals surface area (Å²) >= 11 is 0. The fraction of sp³-hybridized carbons (Fsp3) is 0.300. The van der Waals surface area contributed by atoms with Crippen LogP contribution in [0.15, 0.2) is 42.6 Å². The van der Waals surface area contributed by atoms with E-state index in [1.54, 1.807) is 50.7 Å². The summed E-state index contributed by atoms with van der Waals surface area (Å²) in [5, 5.41) is 5.16. The highest BCUT2D eigenvalue weighted by Gasteiger charge is 2.38. The van der Waals surface area contributed by atoms with Gasteiger partial charge in [0.15, 0.2) is 11.5 Å². The third-order valence-corrected chi connectivity index (χ3v) is 4.50. The van der Waals surface area contributed by atoms with Crippen molar-refractivity contribution in [2.24, 2.45) is 0 Å². The van der Waals surface area contributed by atoms with Crippen LogP contribution in [0.3, 0.4) is 0 Å². The van der Waals surface area contributed by atoms with Crippen molar-refractivity contribution in [1.29, 1.82) is 0 Å². The Hall–Kier alpha value is -3.62. The van der Waals surface area contributed by atoms with E-state index in [2.05, 4.69) is 15.6 Å². The fourth-order valence-corrected chi connectivity index (χ4v) is 3.02. The van der Waals surface area contributed by atoms with E-state index >= 15 is 0 Å². The van der Waals surface area contributed by atoms with E-state index in [0.717, 1.165) is 10.5 Å². The van der Waals surface area contributed by atoms with Crippen LogP contribution in [-0.2, 0) is 16.0 Å². The molecule has 2 N–H and O–H groups in total. The van der Waals surface area contributed by atoms with Crippen molar-refractivity contribution >= 4 is 23.7 Å². The maximum Gasteiger partial charge on any atom is 0.324 e. The fourth-order valence-electron chi connectivity index (χ4n) is 3.02. The van der Waals surface area contributed by atoms with Crippen molar-refractivity contribution in [2.45, 2.75) is 18.9 Å². The van der Waals surface area contributed by atoms with Gasteiger partial charge < -0.3 is 20.1 Å². The highest BCUT2D eigenvalue weighted by molar-refractivity contribution is 6.06. The van der Waals surface area contributed by atoms with Gasteiger partial charge in [0.1, 0.15) is 11.9 Å². The van der Waals surface area contributed by atoms with Crippen LogP contribution >= 0.6 is 0 Å². The summed E-state index contributed by atoms with van der Waals surface area (Å²) in [6.45, 7) is 0.193. The number of methoxy groups -OCH3 is 2. The van der Waals surface area contributed by atoms with Gasteiger partial charge in [-0.1, -0.05) is 12.1 Å². The zero-order valence-corrected chi connectivity index (χ0v) is 16.2. The molecule has 1 fully saturated rings. The Kier molecular flexibility index (Phi) is 6.28. The molecule has 0 saturated carbocycles. The minimum Gasteiger partial charge on any atom is -0.493 e. The van der Waals surface area contributed by atoms with E-state index in [4.69, 9.17) is 9.47 Å². The first-order valence-electron chi connectivity index (χ1n) is 9.05. The average Bonchev–Trinajstić information content (AvgIpc) is 2.99. The number of benzene rings is 1. The zero-order chi connectivity index (χ0) is 20.8. The molecule has 1 aromatic heterocycles. The van der Waals surface area contributed by atoms with Crippen molar-refractivity contribution in [3.63, 3.8) is 0 Å². The number of urea groups is 1. The number of carbonyl (C=O) groups excluding carboxylic acids is 3. The number of carbonyl (C=O) groups is 3. The molecule has 3 rings (SSSR count). The van der Waals surface area contributed by atoms with E-state index in [-0.39, 0.29) is 13.0 Å². The molecule has 1 atom stereocenters.